The number of rotatable bonds is 5. The van der Waals surface area contributed by atoms with Crippen molar-refractivity contribution in [3.8, 4) is 11.4 Å². The van der Waals surface area contributed by atoms with Crippen LogP contribution in [0.5, 0.6) is 5.75 Å². The number of amides is 1. The fourth-order valence-electron chi connectivity index (χ4n) is 3.87. The van der Waals surface area contributed by atoms with Crippen LogP contribution < -0.4 is 15.6 Å². The number of carbonyl (C=O) groups excluding carboxylic acids is 1. The summed E-state index contributed by atoms with van der Waals surface area (Å²) in [6, 6.07) is 14.9. The molecule has 1 aliphatic heterocycles. The summed E-state index contributed by atoms with van der Waals surface area (Å²) in [6.45, 7) is 1.95. The van der Waals surface area contributed by atoms with Crippen molar-refractivity contribution < 1.29 is 9.53 Å². The zero-order valence-electron chi connectivity index (χ0n) is 17.6. The van der Waals surface area contributed by atoms with E-state index >= 15 is 0 Å². The Labute approximate surface area is 188 Å². The Morgan fingerprint density at radius 2 is 2.06 bits per heavy atom. The molecule has 1 atom stereocenters. The van der Waals surface area contributed by atoms with Crippen LogP contribution in [0.1, 0.15) is 18.0 Å². The van der Waals surface area contributed by atoms with E-state index < -0.39 is 0 Å². The monoisotopic (exact) mass is 447 g/mol. The van der Waals surface area contributed by atoms with Crippen LogP contribution >= 0.6 is 11.8 Å². The molecular formula is C23H21N5O3S. The molecule has 0 saturated carbocycles. The van der Waals surface area contributed by atoms with Crippen LogP contribution in [-0.4, -0.2) is 38.1 Å². The molecule has 0 unspecified atom stereocenters. The smallest absolute Gasteiger partial charge is 0.265 e. The van der Waals surface area contributed by atoms with Gasteiger partial charge in [0.15, 0.2) is 10.8 Å². The van der Waals surface area contributed by atoms with E-state index in [0.29, 0.717) is 33.4 Å². The standard InChI is InChI=1S/C23H21N5O3S/c1-14-8-9-19(31-2)18(10-14)25-20(29)11-16-13-32-23-26-21-17(22(30)27(16)23)12-24-28(21)15-6-4-3-5-7-15/h3-10,12,16H,11,13H2,1-2H3,(H,25,29)/t16-/m1/s1. The fourth-order valence-corrected chi connectivity index (χ4v) is 5.00. The van der Waals surface area contributed by atoms with Crippen molar-refractivity contribution in [1.29, 1.82) is 0 Å². The van der Waals surface area contributed by atoms with E-state index in [1.165, 1.54) is 11.8 Å². The molecule has 3 heterocycles. The fraction of sp³-hybridized carbons (Fsp3) is 0.217. The Morgan fingerprint density at radius 3 is 2.84 bits per heavy atom. The average Bonchev–Trinajstić information content (AvgIpc) is 3.39. The van der Waals surface area contributed by atoms with Crippen molar-refractivity contribution in [3.05, 3.63) is 70.6 Å². The highest BCUT2D eigenvalue weighted by molar-refractivity contribution is 7.99. The first-order chi connectivity index (χ1) is 15.5. The predicted octanol–water partition coefficient (Wildman–Crippen LogP) is 3.57. The largest absolute Gasteiger partial charge is 0.495 e. The van der Waals surface area contributed by atoms with Gasteiger partial charge in [0.05, 0.1) is 30.7 Å². The molecule has 4 aromatic rings. The zero-order chi connectivity index (χ0) is 22.2. The third kappa shape index (κ3) is 3.54. The first-order valence-electron chi connectivity index (χ1n) is 10.2. The topological polar surface area (TPSA) is 91.0 Å². The SMILES string of the molecule is COc1ccc(C)cc1NC(=O)C[C@@H]1CSc2nc3c(cnn3-c3ccccc3)c(=O)n21. The van der Waals surface area contributed by atoms with Crippen LogP contribution in [-0.2, 0) is 4.79 Å². The van der Waals surface area contributed by atoms with Gasteiger partial charge in [-0.3, -0.25) is 14.2 Å². The lowest BCUT2D eigenvalue weighted by Crippen LogP contribution is -2.27. The van der Waals surface area contributed by atoms with Gasteiger partial charge in [-0.05, 0) is 36.8 Å². The molecule has 2 aromatic carbocycles. The summed E-state index contributed by atoms with van der Waals surface area (Å²) in [5.41, 5.74) is 2.82. The van der Waals surface area contributed by atoms with E-state index in [1.807, 2.05) is 55.5 Å². The summed E-state index contributed by atoms with van der Waals surface area (Å²) in [4.78, 5) is 30.8. The first-order valence-corrected chi connectivity index (χ1v) is 11.2. The lowest BCUT2D eigenvalue weighted by Gasteiger charge is -2.15. The Bertz CT molecular complexity index is 1380. The highest BCUT2D eigenvalue weighted by Crippen LogP contribution is 2.34. The van der Waals surface area contributed by atoms with Gasteiger partial charge in [-0.25, -0.2) is 9.67 Å². The van der Waals surface area contributed by atoms with Crippen molar-refractivity contribution in [2.75, 3.05) is 18.2 Å². The molecule has 2 aromatic heterocycles. The second kappa shape index (κ2) is 8.16. The summed E-state index contributed by atoms with van der Waals surface area (Å²) < 4.78 is 8.63. The van der Waals surface area contributed by atoms with Gasteiger partial charge in [-0.2, -0.15) is 5.10 Å². The van der Waals surface area contributed by atoms with Gasteiger partial charge in [0, 0.05) is 12.2 Å². The molecule has 1 aliphatic rings. The summed E-state index contributed by atoms with van der Waals surface area (Å²) in [7, 11) is 1.57. The summed E-state index contributed by atoms with van der Waals surface area (Å²) in [6.07, 6.45) is 1.71. The molecule has 0 bridgehead atoms. The van der Waals surface area contributed by atoms with Crippen LogP contribution in [0, 0.1) is 6.92 Å². The maximum atomic E-state index is 13.3. The molecular weight excluding hydrogens is 426 g/mol. The van der Waals surface area contributed by atoms with Crippen molar-refractivity contribution in [2.24, 2.45) is 0 Å². The molecule has 162 valence electrons. The van der Waals surface area contributed by atoms with Gasteiger partial charge >= 0.3 is 0 Å². The number of para-hydroxylation sites is 1. The van der Waals surface area contributed by atoms with Gasteiger partial charge in [0.1, 0.15) is 11.1 Å². The number of hydrogen-bond acceptors (Lipinski definition) is 6. The average molecular weight is 448 g/mol. The first kappa shape index (κ1) is 20.3. The maximum Gasteiger partial charge on any atom is 0.265 e. The number of hydrogen-bond donors (Lipinski definition) is 1. The molecule has 0 radical (unpaired) electrons. The summed E-state index contributed by atoms with van der Waals surface area (Å²) in [5.74, 6) is 1.02. The highest BCUT2D eigenvalue weighted by Gasteiger charge is 2.29. The van der Waals surface area contributed by atoms with Gasteiger partial charge in [0.25, 0.3) is 5.56 Å². The van der Waals surface area contributed by atoms with E-state index in [0.717, 1.165) is 11.3 Å². The Kier molecular flexibility index (Phi) is 5.18. The van der Waals surface area contributed by atoms with Crippen LogP contribution in [0.3, 0.4) is 0 Å². The molecule has 0 saturated heterocycles. The number of anilines is 1. The van der Waals surface area contributed by atoms with Crippen LogP contribution in [0.25, 0.3) is 16.7 Å². The molecule has 32 heavy (non-hydrogen) atoms. The van der Waals surface area contributed by atoms with Gasteiger partial charge in [0.2, 0.25) is 5.91 Å². The predicted molar refractivity (Wildman–Crippen MR) is 124 cm³/mol. The number of methoxy groups -OCH3 is 1. The molecule has 5 rings (SSSR count). The number of thioether (sulfide) groups is 1. The lowest BCUT2D eigenvalue weighted by molar-refractivity contribution is -0.116. The highest BCUT2D eigenvalue weighted by atomic mass is 32.2. The van der Waals surface area contributed by atoms with Crippen molar-refractivity contribution >= 4 is 34.4 Å². The Hall–Kier alpha value is -3.59. The second-order valence-electron chi connectivity index (χ2n) is 7.62. The summed E-state index contributed by atoms with van der Waals surface area (Å²) >= 11 is 1.48. The number of nitrogens with one attached hydrogen (secondary N) is 1. The van der Waals surface area contributed by atoms with Crippen molar-refractivity contribution in [2.45, 2.75) is 24.5 Å². The van der Waals surface area contributed by atoms with Crippen LogP contribution in [0.4, 0.5) is 5.69 Å². The molecule has 0 aliphatic carbocycles. The minimum absolute atomic E-state index is 0.164. The molecule has 9 heteroatoms. The van der Waals surface area contributed by atoms with E-state index in [-0.39, 0.29) is 23.9 Å². The Balaban J connectivity index is 1.44. The number of ether oxygens (including phenoxy) is 1. The lowest BCUT2D eigenvalue weighted by atomic mass is 10.2. The number of aryl methyl sites for hydroxylation is 1. The number of fused-ring (bicyclic) bond motifs is 2. The molecule has 0 spiro atoms. The Morgan fingerprint density at radius 1 is 1.25 bits per heavy atom. The minimum Gasteiger partial charge on any atom is -0.495 e. The third-order valence-corrected chi connectivity index (χ3v) is 6.52. The normalized spacial score (nSPS) is 15.0. The minimum atomic E-state index is -0.282. The third-order valence-electron chi connectivity index (χ3n) is 5.42. The quantitative estimate of drug-likeness (QED) is 0.470. The van der Waals surface area contributed by atoms with E-state index in [9.17, 15) is 9.59 Å². The van der Waals surface area contributed by atoms with Crippen molar-refractivity contribution in [1.82, 2.24) is 19.3 Å². The van der Waals surface area contributed by atoms with Crippen LogP contribution in [0.15, 0.2) is 64.7 Å². The van der Waals surface area contributed by atoms with Gasteiger partial charge < -0.3 is 10.1 Å². The molecule has 0 fully saturated rings. The van der Waals surface area contributed by atoms with Crippen LogP contribution in [0.2, 0.25) is 0 Å². The second-order valence-corrected chi connectivity index (χ2v) is 8.61. The van der Waals surface area contributed by atoms with E-state index in [2.05, 4.69) is 10.4 Å². The van der Waals surface area contributed by atoms with Crippen molar-refractivity contribution in [3.63, 3.8) is 0 Å². The number of aromatic nitrogens is 4. The molecule has 1 N–H and O–H groups in total. The van der Waals surface area contributed by atoms with Gasteiger partial charge in [-0.1, -0.05) is 36.0 Å². The van der Waals surface area contributed by atoms with Gasteiger partial charge in [-0.15, -0.1) is 0 Å². The number of nitrogens with zero attached hydrogens (tertiary/aromatic N) is 4. The van der Waals surface area contributed by atoms with E-state index in [1.54, 1.807) is 22.6 Å². The summed E-state index contributed by atoms with van der Waals surface area (Å²) in [5, 5.41) is 8.33. The van der Waals surface area contributed by atoms with E-state index in [4.69, 9.17) is 9.72 Å². The molecule has 1 amide bonds. The zero-order valence-corrected chi connectivity index (χ0v) is 18.4. The maximum absolute atomic E-state index is 13.3. The number of carbonyl (C=O) groups is 1. The molecule has 8 nitrogen and oxygen atoms in total. The number of benzene rings is 2.